The quantitative estimate of drug-likeness (QED) is 0.857. The molecule has 0 aliphatic carbocycles. The van der Waals surface area contributed by atoms with Crippen molar-refractivity contribution in [3.05, 3.63) is 45.7 Å². The van der Waals surface area contributed by atoms with E-state index in [9.17, 15) is 9.59 Å². The smallest absolute Gasteiger partial charge is 0.316 e. The molecule has 1 aromatic carbocycles. The van der Waals surface area contributed by atoms with Crippen LogP contribution < -0.4 is 5.32 Å². The van der Waals surface area contributed by atoms with Gasteiger partial charge in [-0.1, -0.05) is 42.1 Å². The monoisotopic (exact) mass is 320 g/mol. The number of methoxy groups -OCH3 is 1. The summed E-state index contributed by atoms with van der Waals surface area (Å²) in [4.78, 5) is 23.2. The van der Waals surface area contributed by atoms with Gasteiger partial charge in [-0.3, -0.25) is 9.59 Å². The van der Waals surface area contributed by atoms with E-state index in [0.29, 0.717) is 4.24 Å². The molecule has 0 radical (unpaired) electrons. The Hall–Kier alpha value is -1.91. The van der Waals surface area contributed by atoms with E-state index in [1.165, 1.54) is 18.9 Å². The third kappa shape index (κ3) is 3.80. The maximum atomic E-state index is 12.0. The Morgan fingerprint density at radius 1 is 1.48 bits per heavy atom. The van der Waals surface area contributed by atoms with Crippen molar-refractivity contribution in [1.29, 1.82) is 5.26 Å². The van der Waals surface area contributed by atoms with Crippen molar-refractivity contribution in [2.24, 2.45) is 0 Å². The summed E-state index contributed by atoms with van der Waals surface area (Å²) in [5.74, 6) is -0.746. The Labute approximate surface area is 130 Å². The van der Waals surface area contributed by atoms with E-state index in [2.05, 4.69) is 10.1 Å². The molecule has 0 saturated carbocycles. The van der Waals surface area contributed by atoms with Crippen LogP contribution in [0.3, 0.4) is 0 Å². The van der Waals surface area contributed by atoms with Crippen LogP contribution in [0, 0.1) is 11.3 Å². The normalized spacial score (nSPS) is 17.9. The van der Waals surface area contributed by atoms with Crippen LogP contribution in [-0.4, -0.2) is 24.7 Å². The first kappa shape index (κ1) is 15.5. The highest BCUT2D eigenvalue weighted by molar-refractivity contribution is 8.22. The van der Waals surface area contributed by atoms with Crippen LogP contribution in [0.25, 0.3) is 0 Å². The second-order valence-electron chi connectivity index (χ2n) is 4.02. The molecule has 1 heterocycles. The molecule has 21 heavy (non-hydrogen) atoms. The zero-order valence-electron chi connectivity index (χ0n) is 11.2. The van der Waals surface area contributed by atoms with Crippen LogP contribution in [0.5, 0.6) is 0 Å². The Bertz CT molecular complexity index is 623. The van der Waals surface area contributed by atoms with Gasteiger partial charge in [-0.2, -0.15) is 5.26 Å². The number of thioether (sulfide) groups is 2. The maximum Gasteiger partial charge on any atom is 0.316 e. The molecule has 0 fully saturated rings. The minimum atomic E-state index is -0.419. The van der Waals surface area contributed by atoms with Crippen molar-refractivity contribution in [3.8, 4) is 6.07 Å². The van der Waals surface area contributed by atoms with Crippen molar-refractivity contribution in [2.75, 3.05) is 12.9 Å². The van der Waals surface area contributed by atoms with Gasteiger partial charge >= 0.3 is 5.97 Å². The second-order valence-corrected chi connectivity index (χ2v) is 6.38. The number of esters is 1. The summed E-state index contributed by atoms with van der Waals surface area (Å²) in [7, 11) is 1.30. The summed E-state index contributed by atoms with van der Waals surface area (Å²) in [5.41, 5.74) is 0.977. The van der Waals surface area contributed by atoms with Gasteiger partial charge in [0, 0.05) is 0 Å². The van der Waals surface area contributed by atoms with Crippen molar-refractivity contribution in [2.45, 2.75) is 5.37 Å². The third-order valence-corrected chi connectivity index (χ3v) is 5.21. The van der Waals surface area contributed by atoms with Gasteiger partial charge in [-0.15, -0.1) is 11.8 Å². The largest absolute Gasteiger partial charge is 0.468 e. The standard InChI is InChI=1S/C14H12N2O3S2/c1-19-11(17)8-20-14-10(7-15)12(18)16-13(21-14)9-5-3-2-4-6-9/h2-6,13H,8H2,1H3,(H,16,18)/t13-/m0/s1. The summed E-state index contributed by atoms with van der Waals surface area (Å²) in [6.45, 7) is 0. The molecule has 0 unspecified atom stereocenters. The van der Waals surface area contributed by atoms with E-state index >= 15 is 0 Å². The van der Waals surface area contributed by atoms with Crippen molar-refractivity contribution >= 4 is 35.4 Å². The van der Waals surface area contributed by atoms with Gasteiger partial charge in [0.05, 0.1) is 17.1 Å². The minimum absolute atomic E-state index is 0.0427. The Morgan fingerprint density at radius 3 is 2.81 bits per heavy atom. The number of nitrogens with one attached hydrogen (secondary N) is 1. The molecule has 108 valence electrons. The number of carbonyl (C=O) groups is 2. The summed E-state index contributed by atoms with van der Waals surface area (Å²) >= 11 is 2.50. The molecule has 1 aromatic rings. The first-order valence-electron chi connectivity index (χ1n) is 6.02. The van der Waals surface area contributed by atoms with E-state index in [1.807, 2.05) is 36.4 Å². The number of amides is 1. The van der Waals surface area contributed by atoms with Gasteiger partial charge in [0.2, 0.25) is 0 Å². The third-order valence-electron chi connectivity index (χ3n) is 2.68. The molecule has 0 bridgehead atoms. The molecule has 0 spiro atoms. The van der Waals surface area contributed by atoms with Crippen molar-refractivity contribution in [1.82, 2.24) is 5.32 Å². The van der Waals surface area contributed by atoms with Crippen LogP contribution in [-0.2, 0) is 14.3 Å². The number of ether oxygens (including phenoxy) is 1. The fourth-order valence-corrected chi connectivity index (χ4v) is 3.96. The lowest BCUT2D eigenvalue weighted by atomic mass is 10.2. The molecule has 0 saturated heterocycles. The Morgan fingerprint density at radius 2 is 2.19 bits per heavy atom. The Kier molecular flexibility index (Phi) is 5.31. The van der Waals surface area contributed by atoms with Crippen LogP contribution in [0.1, 0.15) is 10.9 Å². The number of nitriles is 1. The van der Waals surface area contributed by atoms with Gasteiger partial charge in [0.25, 0.3) is 5.91 Å². The van der Waals surface area contributed by atoms with E-state index in [0.717, 1.165) is 17.3 Å². The number of carbonyl (C=O) groups excluding carboxylic acids is 2. The van der Waals surface area contributed by atoms with E-state index in [-0.39, 0.29) is 16.7 Å². The summed E-state index contributed by atoms with van der Waals surface area (Å²) in [6, 6.07) is 11.3. The highest BCUT2D eigenvalue weighted by Gasteiger charge is 2.29. The molecule has 5 nitrogen and oxygen atoms in total. The van der Waals surface area contributed by atoms with Gasteiger partial charge in [0.15, 0.2) is 0 Å². The molecule has 1 aliphatic rings. The molecular weight excluding hydrogens is 308 g/mol. The molecule has 1 N–H and O–H groups in total. The fourth-order valence-electron chi connectivity index (χ4n) is 1.64. The zero-order valence-corrected chi connectivity index (χ0v) is 12.8. The van der Waals surface area contributed by atoms with Crippen molar-refractivity contribution < 1.29 is 14.3 Å². The summed E-state index contributed by atoms with van der Waals surface area (Å²) in [5, 5.41) is 11.6. The zero-order chi connectivity index (χ0) is 15.2. The fraction of sp³-hybridized carbons (Fsp3) is 0.214. The SMILES string of the molecule is COC(=O)CSC1=C(C#N)C(=O)N[C@H](c2ccccc2)S1. The van der Waals surface area contributed by atoms with Gasteiger partial charge in [-0.05, 0) is 5.56 Å². The van der Waals surface area contributed by atoms with Crippen LogP contribution in [0.4, 0.5) is 0 Å². The average molecular weight is 320 g/mol. The average Bonchev–Trinajstić information content (AvgIpc) is 2.52. The highest BCUT2D eigenvalue weighted by atomic mass is 32.2. The van der Waals surface area contributed by atoms with Crippen LogP contribution in [0.2, 0.25) is 0 Å². The molecular formula is C14H12N2O3S2. The minimum Gasteiger partial charge on any atom is -0.468 e. The van der Waals surface area contributed by atoms with E-state index in [1.54, 1.807) is 0 Å². The molecule has 0 aromatic heterocycles. The molecule has 1 amide bonds. The lowest BCUT2D eigenvalue weighted by Crippen LogP contribution is -2.31. The van der Waals surface area contributed by atoms with Gasteiger partial charge < -0.3 is 10.1 Å². The summed E-state index contributed by atoms with van der Waals surface area (Å²) in [6.07, 6.45) is 0. The summed E-state index contributed by atoms with van der Waals surface area (Å²) < 4.78 is 5.12. The number of hydrogen-bond donors (Lipinski definition) is 1. The van der Waals surface area contributed by atoms with Crippen molar-refractivity contribution in [3.63, 3.8) is 0 Å². The predicted molar refractivity (Wildman–Crippen MR) is 82.0 cm³/mol. The number of benzene rings is 1. The predicted octanol–water partition coefficient (Wildman–Crippen LogP) is 2.19. The van der Waals surface area contributed by atoms with Gasteiger partial charge in [0.1, 0.15) is 17.0 Å². The molecule has 1 atom stereocenters. The lowest BCUT2D eigenvalue weighted by molar-refractivity contribution is -0.137. The van der Waals surface area contributed by atoms with E-state index in [4.69, 9.17) is 5.26 Å². The second kappa shape index (κ2) is 7.20. The first-order valence-corrected chi connectivity index (χ1v) is 7.88. The van der Waals surface area contributed by atoms with Crippen LogP contribution in [0.15, 0.2) is 40.1 Å². The molecule has 1 aliphatic heterocycles. The molecule has 2 rings (SSSR count). The Balaban J connectivity index is 2.20. The van der Waals surface area contributed by atoms with E-state index < -0.39 is 11.9 Å². The lowest BCUT2D eigenvalue weighted by Gasteiger charge is -2.24. The number of nitrogens with zero attached hydrogens (tertiary/aromatic N) is 1. The van der Waals surface area contributed by atoms with Gasteiger partial charge in [-0.25, -0.2) is 0 Å². The number of rotatable bonds is 4. The highest BCUT2D eigenvalue weighted by Crippen LogP contribution is 2.43. The maximum absolute atomic E-state index is 12.0. The number of hydrogen-bond acceptors (Lipinski definition) is 6. The topological polar surface area (TPSA) is 79.2 Å². The van der Waals surface area contributed by atoms with Crippen LogP contribution >= 0.6 is 23.5 Å². The first-order chi connectivity index (χ1) is 10.2. The molecule has 7 heteroatoms.